The van der Waals surface area contributed by atoms with Crippen LogP contribution in [-0.2, 0) is 17.4 Å². The first-order valence-electron chi connectivity index (χ1n) is 5.20. The molecule has 1 aromatic rings. The van der Waals surface area contributed by atoms with Crippen LogP contribution in [0.2, 0.25) is 0 Å². The Morgan fingerprint density at radius 2 is 2.06 bits per heavy atom. The number of hydrogen-bond acceptors (Lipinski definition) is 3. The van der Waals surface area contributed by atoms with E-state index in [4.69, 9.17) is 0 Å². The van der Waals surface area contributed by atoms with Crippen molar-refractivity contribution in [2.24, 2.45) is 0 Å². The molecule has 1 heterocycles. The fraction of sp³-hybridized carbons (Fsp3) is 0.455. The Morgan fingerprint density at radius 3 is 2.69 bits per heavy atom. The highest BCUT2D eigenvalue weighted by Crippen LogP contribution is 2.25. The van der Waals surface area contributed by atoms with Gasteiger partial charge in [-0.1, -0.05) is 12.1 Å². The topological polar surface area (TPSA) is 40.5 Å². The van der Waals surface area contributed by atoms with Crippen molar-refractivity contribution in [2.45, 2.75) is 6.61 Å². The zero-order valence-corrected chi connectivity index (χ0v) is 9.67. The summed E-state index contributed by atoms with van der Waals surface area (Å²) in [6.07, 6.45) is 0. The second-order valence-corrected chi connectivity index (χ2v) is 5.44. The summed E-state index contributed by atoms with van der Waals surface area (Å²) in [7, 11) is -0.776. The number of rotatable bonds is 2. The Hall–Kier alpha value is -0.940. The standard InChI is InChI=1S/C11H14FNO2S/c12-10-3-1-2-9(8-14)11(10)13-4-6-16(15)7-5-13/h1-3,14H,4-8H2. The summed E-state index contributed by atoms with van der Waals surface area (Å²) in [6, 6.07) is 4.69. The van der Waals surface area contributed by atoms with Crippen molar-refractivity contribution in [3.05, 3.63) is 29.6 Å². The number of anilines is 1. The van der Waals surface area contributed by atoms with Gasteiger partial charge in [0.2, 0.25) is 0 Å². The van der Waals surface area contributed by atoms with Gasteiger partial charge in [-0.2, -0.15) is 0 Å². The summed E-state index contributed by atoms with van der Waals surface area (Å²) in [4.78, 5) is 1.86. The van der Waals surface area contributed by atoms with Crippen molar-refractivity contribution in [3.63, 3.8) is 0 Å². The third kappa shape index (κ3) is 2.25. The van der Waals surface area contributed by atoms with E-state index in [2.05, 4.69) is 0 Å². The first-order chi connectivity index (χ1) is 7.72. The fourth-order valence-corrected chi connectivity index (χ4v) is 2.96. The van der Waals surface area contributed by atoms with Gasteiger partial charge in [-0.15, -0.1) is 0 Å². The minimum Gasteiger partial charge on any atom is -0.392 e. The number of para-hydroxylation sites is 1. The first-order valence-corrected chi connectivity index (χ1v) is 6.69. The number of hydrogen-bond donors (Lipinski definition) is 1. The molecule has 0 spiro atoms. The molecule has 0 saturated carbocycles. The SMILES string of the molecule is O=S1CCN(c2c(F)cccc2CO)CC1. The lowest BCUT2D eigenvalue weighted by molar-refractivity contribution is 0.281. The van der Waals surface area contributed by atoms with Crippen LogP contribution in [0.4, 0.5) is 10.1 Å². The number of nitrogens with zero attached hydrogens (tertiary/aromatic N) is 1. The van der Waals surface area contributed by atoms with Crippen LogP contribution in [0.15, 0.2) is 18.2 Å². The van der Waals surface area contributed by atoms with Crippen LogP contribution in [0.5, 0.6) is 0 Å². The van der Waals surface area contributed by atoms with Gasteiger partial charge in [-0.3, -0.25) is 4.21 Å². The summed E-state index contributed by atoms with van der Waals surface area (Å²) in [5.74, 6) is 0.817. The normalized spacial score (nSPS) is 17.8. The van der Waals surface area contributed by atoms with Crippen molar-refractivity contribution in [2.75, 3.05) is 29.5 Å². The smallest absolute Gasteiger partial charge is 0.146 e. The third-order valence-electron chi connectivity index (χ3n) is 2.73. The van der Waals surface area contributed by atoms with Gasteiger partial charge < -0.3 is 10.0 Å². The minimum absolute atomic E-state index is 0.174. The molecule has 0 radical (unpaired) electrons. The molecule has 88 valence electrons. The van der Waals surface area contributed by atoms with Crippen LogP contribution in [-0.4, -0.2) is 33.9 Å². The molecule has 0 unspecified atom stereocenters. The van der Waals surface area contributed by atoms with E-state index >= 15 is 0 Å². The molecular weight excluding hydrogens is 229 g/mol. The minimum atomic E-state index is -0.776. The zero-order valence-electron chi connectivity index (χ0n) is 8.86. The number of halogens is 1. The first kappa shape index (κ1) is 11.5. The lowest BCUT2D eigenvalue weighted by atomic mass is 10.1. The highest BCUT2D eigenvalue weighted by Gasteiger charge is 2.20. The van der Waals surface area contributed by atoms with Crippen molar-refractivity contribution in [1.82, 2.24) is 0 Å². The maximum Gasteiger partial charge on any atom is 0.146 e. The maximum absolute atomic E-state index is 13.7. The lowest BCUT2D eigenvalue weighted by Gasteiger charge is -2.30. The van der Waals surface area contributed by atoms with Gasteiger partial charge in [-0.25, -0.2) is 4.39 Å². The summed E-state index contributed by atoms with van der Waals surface area (Å²) in [6.45, 7) is 0.994. The highest BCUT2D eigenvalue weighted by atomic mass is 32.2. The largest absolute Gasteiger partial charge is 0.392 e. The molecule has 1 aromatic carbocycles. The van der Waals surface area contributed by atoms with Crippen molar-refractivity contribution < 1.29 is 13.7 Å². The van der Waals surface area contributed by atoms with E-state index in [0.29, 0.717) is 35.8 Å². The quantitative estimate of drug-likeness (QED) is 0.838. The molecule has 0 bridgehead atoms. The second-order valence-electron chi connectivity index (χ2n) is 3.74. The van der Waals surface area contributed by atoms with Gasteiger partial charge in [0.05, 0.1) is 12.3 Å². The predicted molar refractivity (Wildman–Crippen MR) is 62.4 cm³/mol. The molecule has 1 saturated heterocycles. The van der Waals surface area contributed by atoms with Gasteiger partial charge in [0.1, 0.15) is 5.82 Å². The van der Waals surface area contributed by atoms with Gasteiger partial charge in [-0.05, 0) is 6.07 Å². The molecule has 0 aliphatic carbocycles. The Morgan fingerprint density at radius 1 is 1.38 bits per heavy atom. The predicted octanol–water partition coefficient (Wildman–Crippen LogP) is 0.887. The second kappa shape index (κ2) is 4.93. The van der Waals surface area contributed by atoms with Gasteiger partial charge in [0.15, 0.2) is 0 Å². The molecular formula is C11H14FNO2S. The van der Waals surface area contributed by atoms with E-state index in [1.165, 1.54) is 6.07 Å². The van der Waals surface area contributed by atoms with Crippen molar-refractivity contribution in [3.8, 4) is 0 Å². The zero-order chi connectivity index (χ0) is 11.5. The number of aliphatic hydroxyl groups excluding tert-OH is 1. The van der Waals surface area contributed by atoms with Crippen molar-refractivity contribution in [1.29, 1.82) is 0 Å². The maximum atomic E-state index is 13.7. The Bertz CT molecular complexity index is 401. The molecule has 1 aliphatic heterocycles. The van der Waals surface area contributed by atoms with E-state index in [9.17, 15) is 13.7 Å². The molecule has 0 atom stereocenters. The molecule has 0 amide bonds. The summed E-state index contributed by atoms with van der Waals surface area (Å²) >= 11 is 0. The third-order valence-corrected chi connectivity index (χ3v) is 4.01. The molecule has 16 heavy (non-hydrogen) atoms. The van der Waals surface area contributed by atoms with E-state index < -0.39 is 10.8 Å². The molecule has 1 fully saturated rings. The molecule has 1 N–H and O–H groups in total. The van der Waals surface area contributed by atoms with E-state index in [0.717, 1.165) is 0 Å². The molecule has 3 nitrogen and oxygen atoms in total. The van der Waals surface area contributed by atoms with Crippen LogP contribution >= 0.6 is 0 Å². The number of aliphatic hydroxyl groups is 1. The Labute approximate surface area is 96.3 Å². The monoisotopic (exact) mass is 243 g/mol. The van der Waals surface area contributed by atoms with Gasteiger partial charge in [0, 0.05) is 41.0 Å². The molecule has 2 rings (SSSR count). The Kier molecular flexibility index (Phi) is 3.56. The Balaban J connectivity index is 2.28. The van der Waals surface area contributed by atoms with Crippen LogP contribution < -0.4 is 4.90 Å². The number of benzene rings is 1. The molecule has 1 aliphatic rings. The van der Waals surface area contributed by atoms with E-state index in [1.807, 2.05) is 4.90 Å². The average Bonchev–Trinajstić information content (AvgIpc) is 2.30. The summed E-state index contributed by atoms with van der Waals surface area (Å²) in [5.41, 5.74) is 1.05. The molecule has 0 aromatic heterocycles. The summed E-state index contributed by atoms with van der Waals surface area (Å²) < 4.78 is 24.9. The molecule has 5 heteroatoms. The van der Waals surface area contributed by atoms with E-state index in [1.54, 1.807) is 12.1 Å². The summed E-state index contributed by atoms with van der Waals surface area (Å²) in [5, 5.41) is 9.17. The van der Waals surface area contributed by atoms with Gasteiger partial charge in [0.25, 0.3) is 0 Å². The van der Waals surface area contributed by atoms with Crippen LogP contribution in [0.25, 0.3) is 0 Å². The highest BCUT2D eigenvalue weighted by molar-refractivity contribution is 7.85. The average molecular weight is 243 g/mol. The lowest BCUT2D eigenvalue weighted by Crippen LogP contribution is -2.38. The van der Waals surface area contributed by atoms with E-state index in [-0.39, 0.29) is 12.4 Å². The van der Waals surface area contributed by atoms with Crippen LogP contribution in [0.1, 0.15) is 5.56 Å². The fourth-order valence-electron chi connectivity index (χ4n) is 1.90. The van der Waals surface area contributed by atoms with Crippen molar-refractivity contribution >= 4 is 16.5 Å². The van der Waals surface area contributed by atoms with Gasteiger partial charge >= 0.3 is 0 Å². The van der Waals surface area contributed by atoms with Crippen LogP contribution in [0, 0.1) is 5.82 Å². The van der Waals surface area contributed by atoms with Crippen LogP contribution in [0.3, 0.4) is 0 Å².